The number of rotatable bonds is 6. The zero-order chi connectivity index (χ0) is 11.8. The van der Waals surface area contributed by atoms with Crippen LogP contribution in [0.5, 0.6) is 5.75 Å². The van der Waals surface area contributed by atoms with E-state index < -0.39 is 0 Å². The van der Waals surface area contributed by atoms with Crippen LogP contribution in [0.4, 0.5) is 0 Å². The molecule has 0 bridgehead atoms. The first-order valence-electron chi connectivity index (χ1n) is 5.16. The van der Waals surface area contributed by atoms with Gasteiger partial charge in [-0.25, -0.2) is 0 Å². The Morgan fingerprint density at radius 2 is 2.19 bits per heavy atom. The summed E-state index contributed by atoms with van der Waals surface area (Å²) < 4.78 is 9.64. The van der Waals surface area contributed by atoms with Gasteiger partial charge in [-0.3, -0.25) is 4.79 Å². The summed E-state index contributed by atoms with van der Waals surface area (Å²) in [7, 11) is 3.03. The molecule has 88 valence electrons. The Balaban J connectivity index is 2.28. The summed E-state index contributed by atoms with van der Waals surface area (Å²) in [6.07, 6.45) is 0.855. The molecule has 1 aromatic rings. The highest BCUT2D eigenvalue weighted by molar-refractivity contribution is 5.71. The molecule has 0 spiro atoms. The molecule has 0 aromatic heterocycles. The van der Waals surface area contributed by atoms with E-state index in [9.17, 15) is 4.79 Å². The van der Waals surface area contributed by atoms with Crippen molar-refractivity contribution >= 4 is 5.97 Å². The Hall–Kier alpha value is -1.55. The van der Waals surface area contributed by atoms with E-state index in [-0.39, 0.29) is 12.5 Å². The molecule has 0 radical (unpaired) electrons. The molecule has 0 saturated carbocycles. The molecule has 4 nitrogen and oxygen atoms in total. The van der Waals surface area contributed by atoms with Crippen molar-refractivity contribution in [3.63, 3.8) is 0 Å². The molecule has 1 N–H and O–H groups in total. The Bertz CT molecular complexity index is 339. The standard InChI is InChI=1S/C12H17NO3/c1-15-11-5-3-4-10(8-11)6-7-13-9-12(14)16-2/h3-5,8,13H,6-7,9H2,1-2H3. The maximum atomic E-state index is 10.8. The van der Waals surface area contributed by atoms with Gasteiger partial charge in [0.2, 0.25) is 0 Å². The van der Waals surface area contributed by atoms with E-state index in [1.54, 1.807) is 7.11 Å². The van der Waals surface area contributed by atoms with E-state index in [4.69, 9.17) is 4.74 Å². The Labute approximate surface area is 95.6 Å². The second-order valence-electron chi connectivity index (χ2n) is 3.35. The number of carbonyl (C=O) groups is 1. The number of esters is 1. The summed E-state index contributed by atoms with van der Waals surface area (Å²) in [5.74, 6) is 0.608. The highest BCUT2D eigenvalue weighted by atomic mass is 16.5. The lowest BCUT2D eigenvalue weighted by molar-refractivity contribution is -0.139. The van der Waals surface area contributed by atoms with Crippen molar-refractivity contribution in [3.8, 4) is 5.75 Å². The molecule has 0 atom stereocenters. The van der Waals surface area contributed by atoms with Crippen molar-refractivity contribution in [2.45, 2.75) is 6.42 Å². The van der Waals surface area contributed by atoms with Crippen LogP contribution in [0.3, 0.4) is 0 Å². The van der Waals surface area contributed by atoms with Gasteiger partial charge < -0.3 is 14.8 Å². The van der Waals surface area contributed by atoms with E-state index in [1.165, 1.54) is 12.7 Å². The molecule has 0 aliphatic carbocycles. The largest absolute Gasteiger partial charge is 0.497 e. The fraction of sp³-hybridized carbons (Fsp3) is 0.417. The van der Waals surface area contributed by atoms with Gasteiger partial charge in [0.25, 0.3) is 0 Å². The smallest absolute Gasteiger partial charge is 0.319 e. The number of methoxy groups -OCH3 is 2. The predicted molar refractivity (Wildman–Crippen MR) is 61.6 cm³/mol. The zero-order valence-electron chi connectivity index (χ0n) is 9.66. The highest BCUT2D eigenvalue weighted by Gasteiger charge is 1.99. The van der Waals surface area contributed by atoms with Gasteiger partial charge in [-0.1, -0.05) is 12.1 Å². The minimum absolute atomic E-state index is 0.245. The lowest BCUT2D eigenvalue weighted by Crippen LogP contribution is -2.25. The molecule has 0 heterocycles. The molecule has 4 heteroatoms. The normalized spacial score (nSPS) is 9.88. The summed E-state index contributed by atoms with van der Waals surface area (Å²) in [5.41, 5.74) is 1.18. The van der Waals surface area contributed by atoms with Crippen LogP contribution < -0.4 is 10.1 Å². The SMILES string of the molecule is COC(=O)CNCCc1cccc(OC)c1. The minimum atomic E-state index is -0.245. The average Bonchev–Trinajstić information content (AvgIpc) is 2.34. The topological polar surface area (TPSA) is 47.6 Å². The van der Waals surface area contributed by atoms with Gasteiger partial charge in [-0.15, -0.1) is 0 Å². The molecule has 0 saturated heterocycles. The average molecular weight is 223 g/mol. The number of hydrogen-bond donors (Lipinski definition) is 1. The monoisotopic (exact) mass is 223 g/mol. The van der Waals surface area contributed by atoms with Crippen LogP contribution in [0.25, 0.3) is 0 Å². The zero-order valence-corrected chi connectivity index (χ0v) is 9.66. The summed E-state index contributed by atoms with van der Waals surface area (Å²) >= 11 is 0. The third kappa shape index (κ3) is 4.31. The number of carbonyl (C=O) groups excluding carboxylic acids is 1. The van der Waals surface area contributed by atoms with Crippen molar-refractivity contribution in [1.29, 1.82) is 0 Å². The molecule has 1 rings (SSSR count). The van der Waals surface area contributed by atoms with Crippen LogP contribution in [0.2, 0.25) is 0 Å². The van der Waals surface area contributed by atoms with Crippen molar-refractivity contribution in [2.75, 3.05) is 27.3 Å². The lowest BCUT2D eigenvalue weighted by Gasteiger charge is -2.05. The molecular weight excluding hydrogens is 206 g/mol. The lowest BCUT2D eigenvalue weighted by atomic mass is 10.1. The summed E-state index contributed by atoms with van der Waals surface area (Å²) in [5, 5.41) is 3.01. The molecule has 0 aliphatic heterocycles. The van der Waals surface area contributed by atoms with E-state index in [2.05, 4.69) is 10.1 Å². The van der Waals surface area contributed by atoms with Gasteiger partial charge in [-0.2, -0.15) is 0 Å². The highest BCUT2D eigenvalue weighted by Crippen LogP contribution is 2.12. The van der Waals surface area contributed by atoms with Gasteiger partial charge in [0.1, 0.15) is 5.75 Å². The number of nitrogens with one attached hydrogen (secondary N) is 1. The summed E-state index contributed by atoms with van der Waals surface area (Å²) in [4.78, 5) is 10.8. The molecule has 0 aliphatic rings. The number of hydrogen-bond acceptors (Lipinski definition) is 4. The second kappa shape index (κ2) is 6.85. The van der Waals surface area contributed by atoms with Gasteiger partial charge in [0, 0.05) is 0 Å². The first-order chi connectivity index (χ1) is 7.76. The Morgan fingerprint density at radius 3 is 2.88 bits per heavy atom. The van der Waals surface area contributed by atoms with Crippen LogP contribution in [-0.2, 0) is 16.0 Å². The predicted octanol–water partition coefficient (Wildman–Crippen LogP) is 1.00. The van der Waals surface area contributed by atoms with Crippen LogP contribution in [-0.4, -0.2) is 33.3 Å². The maximum Gasteiger partial charge on any atom is 0.319 e. The third-order valence-electron chi connectivity index (χ3n) is 2.22. The minimum Gasteiger partial charge on any atom is -0.497 e. The molecule has 0 fully saturated rings. The van der Waals surface area contributed by atoms with Gasteiger partial charge in [0.15, 0.2) is 0 Å². The van der Waals surface area contributed by atoms with Crippen LogP contribution in [0, 0.1) is 0 Å². The molecule has 0 unspecified atom stereocenters. The van der Waals surface area contributed by atoms with Crippen LogP contribution >= 0.6 is 0 Å². The fourth-order valence-electron chi connectivity index (χ4n) is 1.32. The van der Waals surface area contributed by atoms with Crippen LogP contribution in [0.15, 0.2) is 24.3 Å². The summed E-state index contributed by atoms with van der Waals surface area (Å²) in [6, 6.07) is 7.88. The first-order valence-corrected chi connectivity index (χ1v) is 5.16. The van der Waals surface area contributed by atoms with Crippen molar-refractivity contribution in [3.05, 3.63) is 29.8 Å². The van der Waals surface area contributed by atoms with Gasteiger partial charge in [0.05, 0.1) is 20.8 Å². The number of ether oxygens (including phenoxy) is 2. The van der Waals surface area contributed by atoms with E-state index in [0.29, 0.717) is 0 Å². The first kappa shape index (κ1) is 12.5. The quantitative estimate of drug-likeness (QED) is 0.577. The maximum absolute atomic E-state index is 10.8. The third-order valence-corrected chi connectivity index (χ3v) is 2.22. The molecule has 1 aromatic carbocycles. The van der Waals surface area contributed by atoms with Crippen LogP contribution in [0.1, 0.15) is 5.56 Å². The Kier molecular flexibility index (Phi) is 5.36. The van der Waals surface area contributed by atoms with E-state index in [0.717, 1.165) is 18.7 Å². The molecule has 0 amide bonds. The van der Waals surface area contributed by atoms with E-state index >= 15 is 0 Å². The van der Waals surface area contributed by atoms with Gasteiger partial charge in [-0.05, 0) is 30.7 Å². The van der Waals surface area contributed by atoms with Crippen molar-refractivity contribution in [1.82, 2.24) is 5.32 Å². The summed E-state index contributed by atoms with van der Waals surface area (Å²) in [6.45, 7) is 0.989. The van der Waals surface area contributed by atoms with Crippen molar-refractivity contribution < 1.29 is 14.3 Å². The molecule has 16 heavy (non-hydrogen) atoms. The van der Waals surface area contributed by atoms with Crippen molar-refractivity contribution in [2.24, 2.45) is 0 Å². The fourth-order valence-corrected chi connectivity index (χ4v) is 1.32. The van der Waals surface area contributed by atoms with Gasteiger partial charge >= 0.3 is 5.97 Å². The van der Waals surface area contributed by atoms with E-state index in [1.807, 2.05) is 24.3 Å². The number of benzene rings is 1. The second-order valence-corrected chi connectivity index (χ2v) is 3.35. The Morgan fingerprint density at radius 1 is 1.38 bits per heavy atom. The molecular formula is C12H17NO3.